The van der Waals surface area contributed by atoms with E-state index in [1.54, 1.807) is 6.92 Å². The molecular formula is C5H7ClO2. The SMILES string of the molecule is C=C[C@@H](C)OC(=O)Cl. The summed E-state index contributed by atoms with van der Waals surface area (Å²) in [6.45, 7) is 5.05. The molecule has 0 saturated carbocycles. The van der Waals surface area contributed by atoms with Gasteiger partial charge in [0.2, 0.25) is 0 Å². The minimum absolute atomic E-state index is 0.292. The Morgan fingerprint density at radius 3 is 2.62 bits per heavy atom. The van der Waals surface area contributed by atoms with Crippen molar-refractivity contribution in [2.45, 2.75) is 13.0 Å². The topological polar surface area (TPSA) is 26.3 Å². The lowest BCUT2D eigenvalue weighted by atomic mass is 10.4. The molecule has 0 amide bonds. The van der Waals surface area contributed by atoms with Gasteiger partial charge >= 0.3 is 5.43 Å². The van der Waals surface area contributed by atoms with E-state index in [0.717, 1.165) is 0 Å². The molecule has 0 unspecified atom stereocenters. The van der Waals surface area contributed by atoms with Crippen LogP contribution in [-0.2, 0) is 4.74 Å². The van der Waals surface area contributed by atoms with Crippen LogP contribution in [0.4, 0.5) is 4.79 Å². The first kappa shape index (κ1) is 7.50. The highest BCUT2D eigenvalue weighted by molar-refractivity contribution is 6.61. The van der Waals surface area contributed by atoms with Gasteiger partial charge in [-0.2, -0.15) is 0 Å². The van der Waals surface area contributed by atoms with E-state index in [1.165, 1.54) is 6.08 Å². The molecule has 46 valence electrons. The fourth-order valence-electron chi connectivity index (χ4n) is 0.194. The number of hydrogen-bond acceptors (Lipinski definition) is 2. The van der Waals surface area contributed by atoms with Crippen molar-refractivity contribution in [3.8, 4) is 0 Å². The molecule has 0 aromatic carbocycles. The Balaban J connectivity index is 3.38. The van der Waals surface area contributed by atoms with Crippen molar-refractivity contribution < 1.29 is 9.53 Å². The Morgan fingerprint density at radius 1 is 2.00 bits per heavy atom. The number of rotatable bonds is 2. The van der Waals surface area contributed by atoms with Crippen LogP contribution in [0.2, 0.25) is 0 Å². The Bertz CT molecular complexity index is 101. The van der Waals surface area contributed by atoms with Crippen LogP contribution in [0.3, 0.4) is 0 Å². The summed E-state index contributed by atoms with van der Waals surface area (Å²) < 4.78 is 4.41. The van der Waals surface area contributed by atoms with Crippen molar-refractivity contribution in [2.24, 2.45) is 0 Å². The van der Waals surface area contributed by atoms with Crippen LogP contribution in [0.15, 0.2) is 12.7 Å². The van der Waals surface area contributed by atoms with Gasteiger partial charge < -0.3 is 4.74 Å². The monoisotopic (exact) mass is 134 g/mol. The summed E-state index contributed by atoms with van der Waals surface area (Å²) in [7, 11) is 0. The zero-order valence-corrected chi connectivity index (χ0v) is 5.31. The van der Waals surface area contributed by atoms with E-state index in [2.05, 4.69) is 11.3 Å². The maximum atomic E-state index is 9.91. The third-order valence-corrected chi connectivity index (χ3v) is 0.700. The van der Waals surface area contributed by atoms with Crippen molar-refractivity contribution in [1.82, 2.24) is 0 Å². The molecule has 2 nitrogen and oxygen atoms in total. The standard InChI is InChI=1S/C5H7ClO2/c1-3-4(2)8-5(6)7/h3-4H,1H2,2H3/t4-/m1/s1. The number of hydrogen-bond donors (Lipinski definition) is 0. The predicted molar refractivity (Wildman–Crippen MR) is 32.0 cm³/mol. The van der Waals surface area contributed by atoms with Crippen molar-refractivity contribution in [2.75, 3.05) is 0 Å². The summed E-state index contributed by atoms with van der Waals surface area (Å²) in [5.41, 5.74) is -0.794. The molecule has 0 bridgehead atoms. The molecule has 8 heavy (non-hydrogen) atoms. The largest absolute Gasteiger partial charge is 0.446 e. The van der Waals surface area contributed by atoms with Crippen LogP contribution >= 0.6 is 11.6 Å². The van der Waals surface area contributed by atoms with Gasteiger partial charge in [0.1, 0.15) is 6.10 Å². The molecule has 0 aliphatic carbocycles. The Labute approximate surface area is 53.1 Å². The maximum absolute atomic E-state index is 9.91. The first-order valence-corrected chi connectivity index (χ1v) is 2.53. The van der Waals surface area contributed by atoms with E-state index >= 15 is 0 Å². The molecule has 0 radical (unpaired) electrons. The molecule has 0 heterocycles. The Hall–Kier alpha value is -0.500. The lowest BCUT2D eigenvalue weighted by molar-refractivity contribution is 0.153. The summed E-state index contributed by atoms with van der Waals surface area (Å²) in [4.78, 5) is 9.91. The van der Waals surface area contributed by atoms with Gasteiger partial charge in [-0.1, -0.05) is 12.7 Å². The first-order valence-electron chi connectivity index (χ1n) is 2.15. The maximum Gasteiger partial charge on any atom is 0.404 e. The zero-order chi connectivity index (χ0) is 6.57. The minimum Gasteiger partial charge on any atom is -0.446 e. The smallest absolute Gasteiger partial charge is 0.404 e. The fourth-order valence-corrected chi connectivity index (χ4v) is 0.335. The second-order valence-electron chi connectivity index (χ2n) is 1.30. The van der Waals surface area contributed by atoms with Gasteiger partial charge in [0, 0.05) is 11.6 Å². The quantitative estimate of drug-likeness (QED) is 0.426. The molecule has 3 heteroatoms. The highest BCUT2D eigenvalue weighted by Gasteiger charge is 1.98. The van der Waals surface area contributed by atoms with Gasteiger partial charge in [0.15, 0.2) is 0 Å². The lowest BCUT2D eigenvalue weighted by Crippen LogP contribution is -2.04. The molecule has 0 rings (SSSR count). The zero-order valence-electron chi connectivity index (χ0n) is 4.56. The van der Waals surface area contributed by atoms with Crippen LogP contribution in [0.25, 0.3) is 0 Å². The molecule has 0 spiro atoms. The molecule has 0 N–H and O–H groups in total. The highest BCUT2D eigenvalue weighted by atomic mass is 35.5. The summed E-state index contributed by atoms with van der Waals surface area (Å²) in [6, 6.07) is 0. The van der Waals surface area contributed by atoms with Gasteiger partial charge in [-0.05, 0) is 6.92 Å². The van der Waals surface area contributed by atoms with Gasteiger partial charge in [-0.15, -0.1) is 0 Å². The van der Waals surface area contributed by atoms with Gasteiger partial charge in [-0.25, -0.2) is 4.79 Å². The van der Waals surface area contributed by atoms with Gasteiger partial charge in [0.05, 0.1) is 0 Å². The number of carbonyl (C=O) groups excluding carboxylic acids is 1. The van der Waals surface area contributed by atoms with Crippen LogP contribution in [0.1, 0.15) is 6.92 Å². The van der Waals surface area contributed by atoms with Crippen molar-refractivity contribution >= 4 is 17.0 Å². The summed E-state index contributed by atoms with van der Waals surface area (Å²) in [6.07, 6.45) is 1.19. The molecule has 0 fully saturated rings. The average Bonchev–Trinajstić information content (AvgIpc) is 1.65. The van der Waals surface area contributed by atoms with Crippen molar-refractivity contribution in [3.05, 3.63) is 12.7 Å². The molecule has 0 aromatic rings. The molecule has 0 aromatic heterocycles. The highest BCUT2D eigenvalue weighted by Crippen LogP contribution is 1.94. The molecule has 0 saturated heterocycles. The average molecular weight is 135 g/mol. The summed E-state index contributed by atoms with van der Waals surface area (Å²) in [5, 5.41) is 0. The minimum atomic E-state index is -0.794. The molecule has 0 aliphatic heterocycles. The molecule has 0 aliphatic rings. The summed E-state index contributed by atoms with van der Waals surface area (Å²) in [5.74, 6) is 0. The van der Waals surface area contributed by atoms with E-state index in [4.69, 9.17) is 11.6 Å². The lowest BCUT2D eigenvalue weighted by Gasteiger charge is -2.01. The van der Waals surface area contributed by atoms with Crippen LogP contribution in [0, 0.1) is 0 Å². The summed E-state index contributed by atoms with van der Waals surface area (Å²) >= 11 is 4.84. The Morgan fingerprint density at radius 2 is 2.50 bits per heavy atom. The number of ether oxygens (including phenoxy) is 1. The second kappa shape index (κ2) is 3.50. The van der Waals surface area contributed by atoms with E-state index < -0.39 is 5.43 Å². The molecule has 1 atom stereocenters. The Kier molecular flexibility index (Phi) is 3.28. The third kappa shape index (κ3) is 3.68. The predicted octanol–water partition coefficient (Wildman–Crippen LogP) is 1.94. The van der Waals surface area contributed by atoms with E-state index in [-0.39, 0.29) is 6.10 Å². The molecular weight excluding hydrogens is 128 g/mol. The van der Waals surface area contributed by atoms with E-state index in [9.17, 15) is 4.79 Å². The van der Waals surface area contributed by atoms with Gasteiger partial charge in [-0.3, -0.25) is 0 Å². The van der Waals surface area contributed by atoms with Crippen LogP contribution < -0.4 is 0 Å². The van der Waals surface area contributed by atoms with Crippen molar-refractivity contribution in [3.63, 3.8) is 0 Å². The van der Waals surface area contributed by atoms with E-state index in [0.29, 0.717) is 0 Å². The first-order chi connectivity index (χ1) is 3.66. The normalized spacial score (nSPS) is 12.2. The number of halogens is 1. The van der Waals surface area contributed by atoms with Crippen LogP contribution in [-0.4, -0.2) is 11.5 Å². The van der Waals surface area contributed by atoms with E-state index in [1.807, 2.05) is 0 Å². The van der Waals surface area contributed by atoms with Gasteiger partial charge in [0.25, 0.3) is 0 Å². The second-order valence-corrected chi connectivity index (χ2v) is 1.60. The third-order valence-electron chi connectivity index (χ3n) is 0.610. The fraction of sp³-hybridized carbons (Fsp3) is 0.400. The van der Waals surface area contributed by atoms with Crippen molar-refractivity contribution in [1.29, 1.82) is 0 Å². The van der Waals surface area contributed by atoms with Crippen LogP contribution in [0.5, 0.6) is 0 Å². The number of carbonyl (C=O) groups is 1.